The van der Waals surface area contributed by atoms with Crippen molar-refractivity contribution in [1.82, 2.24) is 10.6 Å². The first-order valence-corrected chi connectivity index (χ1v) is 18.0. The minimum absolute atomic E-state index is 0.0311. The van der Waals surface area contributed by atoms with Gasteiger partial charge in [-0.1, -0.05) is 17.7 Å². The molecule has 3 heterocycles. The first-order valence-electron chi connectivity index (χ1n) is 14.9. The van der Waals surface area contributed by atoms with Crippen molar-refractivity contribution < 1.29 is 47.2 Å². The molecule has 14 nitrogen and oxygen atoms in total. The third-order valence-corrected chi connectivity index (χ3v) is 10.6. The molecule has 1 amide bonds. The number of anilines is 1. The molecule has 1 spiro atoms. The van der Waals surface area contributed by atoms with Crippen molar-refractivity contribution in [3.05, 3.63) is 92.8 Å². The molecule has 1 aromatic heterocycles. The summed E-state index contributed by atoms with van der Waals surface area (Å²) in [6.45, 7) is 1.50. The lowest BCUT2D eigenvalue weighted by Gasteiger charge is -2.36. The molecule has 4 aromatic rings. The topological polar surface area (TPSA) is 208 Å². The van der Waals surface area contributed by atoms with Crippen molar-refractivity contribution in [1.29, 1.82) is 0 Å². The summed E-state index contributed by atoms with van der Waals surface area (Å²) in [6, 6.07) is 15.5. The van der Waals surface area contributed by atoms with Crippen molar-refractivity contribution in [2.24, 2.45) is 5.14 Å². The van der Waals surface area contributed by atoms with Crippen LogP contribution in [-0.4, -0.2) is 75.1 Å². The smallest absolute Gasteiger partial charge is 0.340 e. The van der Waals surface area contributed by atoms with E-state index in [1.807, 2.05) is 0 Å². The number of aromatic hydroxyl groups is 2. The number of halogens is 1. The van der Waals surface area contributed by atoms with Gasteiger partial charge in [-0.3, -0.25) is 4.79 Å². The predicted octanol–water partition coefficient (Wildman–Crippen LogP) is 3.78. The fourth-order valence-electron chi connectivity index (χ4n) is 5.56. The number of thiophene rings is 1. The van der Waals surface area contributed by atoms with Crippen LogP contribution in [0.4, 0.5) is 5.69 Å². The molecule has 3 aromatic carbocycles. The van der Waals surface area contributed by atoms with Gasteiger partial charge >= 0.3 is 5.97 Å². The van der Waals surface area contributed by atoms with E-state index in [4.69, 9.17) is 47.9 Å². The minimum atomic E-state index is -4.08. The van der Waals surface area contributed by atoms with Gasteiger partial charge in [-0.2, -0.15) is 0 Å². The molecular formula is C32H29ClN4O10S3. The lowest BCUT2D eigenvalue weighted by atomic mass is 9.77. The van der Waals surface area contributed by atoms with Gasteiger partial charge in [0.25, 0.3) is 5.91 Å². The van der Waals surface area contributed by atoms with Crippen molar-refractivity contribution >= 4 is 67.9 Å². The summed E-state index contributed by atoms with van der Waals surface area (Å²) in [7, 11) is -4.08. The van der Waals surface area contributed by atoms with Gasteiger partial charge in [0, 0.05) is 47.6 Å². The summed E-state index contributed by atoms with van der Waals surface area (Å²) < 4.78 is 46.2. The summed E-state index contributed by atoms with van der Waals surface area (Å²) in [4.78, 5) is 25.6. The van der Waals surface area contributed by atoms with E-state index in [1.165, 1.54) is 30.3 Å². The predicted molar refractivity (Wildman–Crippen MR) is 187 cm³/mol. The minimum Gasteiger partial charge on any atom is -0.508 e. The van der Waals surface area contributed by atoms with E-state index in [0.717, 1.165) is 0 Å². The summed E-state index contributed by atoms with van der Waals surface area (Å²) in [6.07, 6.45) is 0. The van der Waals surface area contributed by atoms with Gasteiger partial charge in [0.2, 0.25) is 10.0 Å². The van der Waals surface area contributed by atoms with Crippen molar-refractivity contribution in [3.8, 4) is 23.0 Å². The lowest BCUT2D eigenvalue weighted by Crippen LogP contribution is -2.33. The van der Waals surface area contributed by atoms with Crippen LogP contribution in [0.1, 0.15) is 37.4 Å². The highest BCUT2D eigenvalue weighted by Crippen LogP contribution is 2.57. The van der Waals surface area contributed by atoms with Crippen LogP contribution < -0.4 is 25.8 Å². The lowest BCUT2D eigenvalue weighted by molar-refractivity contribution is 0.0224. The molecule has 6 rings (SSSR count). The molecular weight excluding hydrogens is 732 g/mol. The number of benzene rings is 3. The average Bonchev–Trinajstić information content (AvgIpc) is 3.59. The van der Waals surface area contributed by atoms with E-state index in [9.17, 15) is 28.2 Å². The van der Waals surface area contributed by atoms with Gasteiger partial charge in [-0.05, 0) is 54.7 Å². The van der Waals surface area contributed by atoms with Gasteiger partial charge in [-0.25, -0.2) is 18.4 Å². The number of rotatable bonds is 12. The number of nitrogens with two attached hydrogens (primary N) is 1. The Morgan fingerprint density at radius 3 is 2.12 bits per heavy atom. The highest BCUT2D eigenvalue weighted by atomic mass is 35.5. The quantitative estimate of drug-likeness (QED) is 0.0692. The number of phenols is 2. The molecule has 0 fully saturated rings. The molecule has 2 aliphatic heterocycles. The maximum absolute atomic E-state index is 13.3. The van der Waals surface area contributed by atoms with E-state index >= 15 is 0 Å². The molecule has 0 aliphatic carbocycles. The number of nitrogens with one attached hydrogen (secondary N) is 3. The average molecular weight is 761 g/mol. The Morgan fingerprint density at radius 2 is 1.50 bits per heavy atom. The highest BCUT2D eigenvalue weighted by Gasteiger charge is 2.53. The molecule has 18 heteroatoms. The third-order valence-electron chi connectivity index (χ3n) is 7.64. The number of thiocarbonyl (C=S) groups is 1. The molecule has 50 heavy (non-hydrogen) atoms. The standard InChI is InChI=1S/C32H29ClN4O10S3/c33-27-16-21(30(49-27)50(34,42)43)28(40)35-7-9-44-11-12-45-10-8-36-31(48)37-17-1-4-22-20(13-17)29(41)47-32(22)23-5-2-18(38)14-25(23)46-26-15-19(39)3-6-24(26)32/h1-6,13-16,38-39H,7-12H2,(H,35,40)(H2,34,42,43)(H2,36,37,48). The second-order valence-corrected chi connectivity index (χ2v) is 14.8. The Morgan fingerprint density at radius 1 is 0.900 bits per heavy atom. The zero-order valence-corrected chi connectivity index (χ0v) is 29.1. The first-order chi connectivity index (χ1) is 23.9. The van der Waals surface area contributed by atoms with Crippen molar-refractivity contribution in [3.63, 3.8) is 0 Å². The molecule has 0 atom stereocenters. The molecule has 2 aliphatic rings. The third kappa shape index (κ3) is 7.20. The number of ether oxygens (including phenoxy) is 4. The van der Waals surface area contributed by atoms with Gasteiger partial charge in [0.1, 0.15) is 27.2 Å². The molecule has 0 unspecified atom stereocenters. The van der Waals surface area contributed by atoms with E-state index in [-0.39, 0.29) is 63.5 Å². The van der Waals surface area contributed by atoms with Crippen LogP contribution in [0.3, 0.4) is 0 Å². The maximum Gasteiger partial charge on any atom is 0.340 e. The summed E-state index contributed by atoms with van der Waals surface area (Å²) in [5.74, 6) is -0.678. The second kappa shape index (κ2) is 14.4. The van der Waals surface area contributed by atoms with E-state index in [1.54, 1.807) is 30.3 Å². The number of amides is 1. The number of phenolic OH excluding ortho intramolecular Hbond substituents is 2. The molecule has 0 radical (unpaired) electrons. The summed E-state index contributed by atoms with van der Waals surface area (Å²) >= 11 is 12.0. The Labute approximate surface area is 300 Å². The number of esters is 1. The maximum atomic E-state index is 13.3. The number of carbonyl (C=O) groups is 2. The number of sulfonamides is 1. The van der Waals surface area contributed by atoms with Crippen molar-refractivity contribution in [2.75, 3.05) is 44.8 Å². The van der Waals surface area contributed by atoms with E-state index in [2.05, 4.69) is 16.0 Å². The number of carbonyl (C=O) groups excluding carboxylic acids is 2. The van der Waals surface area contributed by atoms with Crippen LogP contribution in [0.25, 0.3) is 0 Å². The molecule has 262 valence electrons. The van der Waals surface area contributed by atoms with Crippen LogP contribution >= 0.6 is 35.2 Å². The Hall–Kier alpha value is -4.49. The fourth-order valence-corrected chi connectivity index (χ4v) is 8.07. The molecule has 7 N–H and O–H groups in total. The number of fused-ring (bicyclic) bond motifs is 6. The van der Waals surface area contributed by atoms with E-state index in [0.29, 0.717) is 57.5 Å². The van der Waals surface area contributed by atoms with Gasteiger partial charge in [0.05, 0.1) is 41.9 Å². The molecule has 0 bridgehead atoms. The highest BCUT2D eigenvalue weighted by molar-refractivity contribution is 7.91. The van der Waals surface area contributed by atoms with Crippen LogP contribution in [0.15, 0.2) is 64.9 Å². The summed E-state index contributed by atoms with van der Waals surface area (Å²) in [5, 5.41) is 34.3. The zero-order chi connectivity index (χ0) is 35.6. The fraction of sp³-hybridized carbons (Fsp3) is 0.219. The second-order valence-electron chi connectivity index (χ2n) is 11.0. The van der Waals surface area contributed by atoms with Crippen LogP contribution in [0.5, 0.6) is 23.0 Å². The number of hydrogen-bond donors (Lipinski definition) is 6. The Kier molecular flexibility index (Phi) is 10.2. The largest absolute Gasteiger partial charge is 0.508 e. The number of hydrogen-bond acceptors (Lipinski definition) is 12. The van der Waals surface area contributed by atoms with Crippen LogP contribution in [0, 0.1) is 0 Å². The first kappa shape index (κ1) is 35.3. The molecule has 0 saturated heterocycles. The van der Waals surface area contributed by atoms with Gasteiger partial charge < -0.3 is 45.1 Å². The van der Waals surface area contributed by atoms with Crippen LogP contribution in [0.2, 0.25) is 4.34 Å². The monoisotopic (exact) mass is 760 g/mol. The Balaban J connectivity index is 0.959. The van der Waals surface area contributed by atoms with Gasteiger partial charge in [-0.15, -0.1) is 11.3 Å². The van der Waals surface area contributed by atoms with Crippen LogP contribution in [-0.2, 0) is 29.8 Å². The summed E-state index contributed by atoms with van der Waals surface area (Å²) in [5.41, 5.74) is 0.995. The number of primary sulfonamides is 1. The SMILES string of the molecule is NS(=O)(=O)c1sc(Cl)cc1C(=O)NCCOCCOCCNC(=S)Nc1ccc2c(c1)C(=O)OC21c2ccc(O)cc2Oc2cc(O)ccc21. The molecule has 0 saturated carbocycles. The van der Waals surface area contributed by atoms with E-state index < -0.39 is 27.5 Å². The van der Waals surface area contributed by atoms with Crippen molar-refractivity contribution in [2.45, 2.75) is 9.81 Å². The normalized spacial score (nSPS) is 13.8. The zero-order valence-electron chi connectivity index (χ0n) is 25.9. The van der Waals surface area contributed by atoms with Gasteiger partial charge in [0.15, 0.2) is 10.7 Å². The Bertz CT molecular complexity index is 2060.